The Morgan fingerprint density at radius 2 is 1.94 bits per heavy atom. The number of rotatable bonds is 7. The van der Waals surface area contributed by atoms with Crippen molar-refractivity contribution in [3.8, 4) is 11.5 Å². The smallest absolute Gasteiger partial charge is 0.163 e. The maximum atomic E-state index is 6.08. The molecule has 0 atom stereocenters. The minimum absolute atomic E-state index is 0.633. The van der Waals surface area contributed by atoms with Crippen molar-refractivity contribution < 1.29 is 9.47 Å². The molecule has 7 heteroatoms. The molecule has 0 amide bonds. The van der Waals surface area contributed by atoms with Crippen LogP contribution in [-0.4, -0.2) is 53.2 Å². The summed E-state index contributed by atoms with van der Waals surface area (Å²) >= 11 is 0. The van der Waals surface area contributed by atoms with Gasteiger partial charge in [0.15, 0.2) is 11.5 Å². The Kier molecular flexibility index (Phi) is 5.58. The number of hydrogen-bond acceptors (Lipinski definition) is 6. The summed E-state index contributed by atoms with van der Waals surface area (Å²) in [4.78, 5) is 14.6. The molecular formula is C24H27N5O2. The molecule has 31 heavy (non-hydrogen) atoms. The van der Waals surface area contributed by atoms with E-state index in [0.29, 0.717) is 18.1 Å². The third-order valence-corrected chi connectivity index (χ3v) is 5.85. The summed E-state index contributed by atoms with van der Waals surface area (Å²) in [5.74, 6) is 2.13. The molecule has 2 aromatic heterocycles. The van der Waals surface area contributed by atoms with E-state index < -0.39 is 0 Å². The second-order valence-electron chi connectivity index (χ2n) is 7.90. The van der Waals surface area contributed by atoms with Crippen molar-refractivity contribution in [2.24, 2.45) is 0 Å². The van der Waals surface area contributed by atoms with Crippen LogP contribution in [0.3, 0.4) is 0 Å². The Morgan fingerprint density at radius 1 is 1.03 bits per heavy atom. The average molecular weight is 418 g/mol. The highest BCUT2D eigenvalue weighted by Crippen LogP contribution is 2.35. The van der Waals surface area contributed by atoms with Gasteiger partial charge in [0.25, 0.3) is 0 Å². The number of piperidine rings is 1. The van der Waals surface area contributed by atoms with Crippen molar-refractivity contribution >= 4 is 33.3 Å². The van der Waals surface area contributed by atoms with Crippen LogP contribution in [0.4, 0.5) is 11.5 Å². The lowest BCUT2D eigenvalue weighted by atomic mass is 10.1. The lowest BCUT2D eigenvalue weighted by molar-refractivity contribution is 0.181. The van der Waals surface area contributed by atoms with Gasteiger partial charge in [-0.15, -0.1) is 0 Å². The van der Waals surface area contributed by atoms with Gasteiger partial charge in [0, 0.05) is 35.4 Å². The first-order valence-electron chi connectivity index (χ1n) is 10.8. The SMILES string of the molecule is COc1cc2c(Nc3ccc4cc[nH]c4c3)ncnc2cc1OCCN1CCCCC1. The minimum atomic E-state index is 0.633. The van der Waals surface area contributed by atoms with Crippen molar-refractivity contribution in [3.63, 3.8) is 0 Å². The van der Waals surface area contributed by atoms with Gasteiger partial charge in [-0.05, 0) is 55.6 Å². The van der Waals surface area contributed by atoms with Crippen molar-refractivity contribution in [2.45, 2.75) is 19.3 Å². The quantitative estimate of drug-likeness (QED) is 0.453. The molecule has 1 aliphatic rings. The van der Waals surface area contributed by atoms with Gasteiger partial charge < -0.3 is 19.8 Å². The van der Waals surface area contributed by atoms with Crippen LogP contribution in [0.1, 0.15) is 19.3 Å². The van der Waals surface area contributed by atoms with Crippen molar-refractivity contribution in [1.29, 1.82) is 0 Å². The van der Waals surface area contributed by atoms with Crippen LogP contribution in [0.2, 0.25) is 0 Å². The molecule has 7 nitrogen and oxygen atoms in total. The number of anilines is 2. The number of fused-ring (bicyclic) bond motifs is 2. The lowest BCUT2D eigenvalue weighted by Crippen LogP contribution is -2.33. The summed E-state index contributed by atoms with van der Waals surface area (Å²) in [6, 6.07) is 12.1. The summed E-state index contributed by atoms with van der Waals surface area (Å²) in [5.41, 5.74) is 2.84. The fourth-order valence-corrected chi connectivity index (χ4v) is 4.17. The van der Waals surface area contributed by atoms with Gasteiger partial charge >= 0.3 is 0 Å². The van der Waals surface area contributed by atoms with Gasteiger partial charge in [0.2, 0.25) is 0 Å². The molecule has 0 unspecified atom stereocenters. The predicted molar refractivity (Wildman–Crippen MR) is 123 cm³/mol. The Balaban J connectivity index is 1.37. The molecule has 160 valence electrons. The van der Waals surface area contributed by atoms with Crippen LogP contribution < -0.4 is 14.8 Å². The van der Waals surface area contributed by atoms with E-state index in [1.165, 1.54) is 24.6 Å². The normalized spacial score (nSPS) is 14.7. The molecule has 0 spiro atoms. The number of hydrogen-bond donors (Lipinski definition) is 2. The van der Waals surface area contributed by atoms with Gasteiger partial charge in [0.1, 0.15) is 18.8 Å². The highest BCUT2D eigenvalue weighted by molar-refractivity contribution is 5.94. The molecular weight excluding hydrogens is 390 g/mol. The predicted octanol–water partition coefficient (Wildman–Crippen LogP) is 4.73. The maximum absolute atomic E-state index is 6.08. The summed E-state index contributed by atoms with van der Waals surface area (Å²) in [5, 5.41) is 5.47. The highest BCUT2D eigenvalue weighted by Gasteiger charge is 2.14. The van der Waals surface area contributed by atoms with E-state index in [-0.39, 0.29) is 0 Å². The van der Waals surface area contributed by atoms with E-state index in [2.05, 4.69) is 43.4 Å². The fourth-order valence-electron chi connectivity index (χ4n) is 4.17. The number of benzene rings is 2. The summed E-state index contributed by atoms with van der Waals surface area (Å²) in [6.07, 6.45) is 7.41. The van der Waals surface area contributed by atoms with Crippen molar-refractivity contribution in [1.82, 2.24) is 19.9 Å². The molecule has 2 aromatic carbocycles. The standard InChI is InChI=1S/C24H27N5O2/c1-30-22-14-19-21(15-23(22)31-12-11-29-9-3-2-4-10-29)26-16-27-24(19)28-18-6-5-17-7-8-25-20(17)13-18/h5-8,13-16,25H,2-4,9-12H2,1H3,(H,26,27,28). The Morgan fingerprint density at radius 3 is 2.81 bits per heavy atom. The second kappa shape index (κ2) is 8.81. The highest BCUT2D eigenvalue weighted by atomic mass is 16.5. The average Bonchev–Trinajstić information content (AvgIpc) is 3.27. The van der Waals surface area contributed by atoms with E-state index in [1.54, 1.807) is 13.4 Å². The van der Waals surface area contributed by atoms with Crippen LogP contribution >= 0.6 is 0 Å². The minimum Gasteiger partial charge on any atom is -0.493 e. The van der Waals surface area contributed by atoms with Crippen LogP contribution in [0.5, 0.6) is 11.5 Å². The van der Waals surface area contributed by atoms with Crippen LogP contribution in [0, 0.1) is 0 Å². The zero-order valence-corrected chi connectivity index (χ0v) is 17.7. The first kappa shape index (κ1) is 19.6. The number of likely N-dealkylation sites (tertiary alicyclic amines) is 1. The van der Waals surface area contributed by atoms with E-state index in [9.17, 15) is 0 Å². The van der Waals surface area contributed by atoms with Crippen LogP contribution in [0.25, 0.3) is 21.8 Å². The first-order chi connectivity index (χ1) is 15.3. The van der Waals surface area contributed by atoms with Crippen molar-refractivity contribution in [3.05, 3.63) is 48.9 Å². The maximum Gasteiger partial charge on any atom is 0.163 e. The van der Waals surface area contributed by atoms with E-state index in [0.717, 1.165) is 47.6 Å². The lowest BCUT2D eigenvalue weighted by Gasteiger charge is -2.26. The summed E-state index contributed by atoms with van der Waals surface area (Å²) in [6.45, 7) is 3.89. The number of aromatic amines is 1. The van der Waals surface area contributed by atoms with Crippen molar-refractivity contribution in [2.75, 3.05) is 38.7 Å². The van der Waals surface area contributed by atoms with Gasteiger partial charge in [-0.25, -0.2) is 9.97 Å². The molecule has 1 saturated heterocycles. The Bertz CT molecular complexity index is 1180. The number of methoxy groups -OCH3 is 1. The molecule has 0 radical (unpaired) electrons. The topological polar surface area (TPSA) is 75.3 Å². The molecule has 2 N–H and O–H groups in total. The number of aromatic nitrogens is 3. The van der Waals surface area contributed by atoms with Crippen LogP contribution in [-0.2, 0) is 0 Å². The number of nitrogens with one attached hydrogen (secondary N) is 2. The number of nitrogens with zero attached hydrogens (tertiary/aromatic N) is 3. The van der Waals surface area contributed by atoms with E-state index >= 15 is 0 Å². The third-order valence-electron chi connectivity index (χ3n) is 5.85. The molecule has 1 aliphatic heterocycles. The van der Waals surface area contributed by atoms with Gasteiger partial charge in [-0.3, -0.25) is 4.90 Å². The largest absolute Gasteiger partial charge is 0.493 e. The monoisotopic (exact) mass is 417 g/mol. The zero-order valence-electron chi connectivity index (χ0n) is 17.7. The van der Waals surface area contributed by atoms with E-state index in [4.69, 9.17) is 9.47 Å². The van der Waals surface area contributed by atoms with E-state index in [1.807, 2.05) is 24.4 Å². The van der Waals surface area contributed by atoms with Gasteiger partial charge in [-0.1, -0.05) is 12.5 Å². The fraction of sp³-hybridized carbons (Fsp3) is 0.333. The summed E-state index contributed by atoms with van der Waals surface area (Å²) in [7, 11) is 1.66. The molecule has 3 heterocycles. The van der Waals surface area contributed by atoms with Crippen LogP contribution in [0.15, 0.2) is 48.9 Å². The number of H-pyrrole nitrogens is 1. The molecule has 4 aromatic rings. The van der Waals surface area contributed by atoms with Gasteiger partial charge in [-0.2, -0.15) is 0 Å². The molecule has 1 fully saturated rings. The first-order valence-corrected chi connectivity index (χ1v) is 10.8. The second-order valence-corrected chi connectivity index (χ2v) is 7.90. The molecule has 5 rings (SSSR count). The zero-order chi connectivity index (χ0) is 21.0. The third kappa shape index (κ3) is 4.27. The molecule has 0 aliphatic carbocycles. The number of ether oxygens (including phenoxy) is 2. The molecule has 0 bridgehead atoms. The van der Waals surface area contributed by atoms with Gasteiger partial charge in [0.05, 0.1) is 12.6 Å². The summed E-state index contributed by atoms with van der Waals surface area (Å²) < 4.78 is 11.7. The Labute approximate surface area is 181 Å². The molecule has 0 saturated carbocycles. The Hall–Kier alpha value is -3.32.